The first-order valence-corrected chi connectivity index (χ1v) is 10.9. The summed E-state index contributed by atoms with van der Waals surface area (Å²) in [4.78, 5) is 33.0. The van der Waals surface area contributed by atoms with Crippen molar-refractivity contribution >= 4 is 63.4 Å². The fourth-order valence-electron chi connectivity index (χ4n) is 2.54. The summed E-state index contributed by atoms with van der Waals surface area (Å²) in [5.74, 6) is -0.591. The van der Waals surface area contributed by atoms with Gasteiger partial charge in [0.2, 0.25) is 5.91 Å². The van der Waals surface area contributed by atoms with Crippen LogP contribution in [-0.4, -0.2) is 34.8 Å². The molecule has 1 N–H and O–H groups in total. The third-order valence-electron chi connectivity index (χ3n) is 3.95. The van der Waals surface area contributed by atoms with E-state index in [-0.39, 0.29) is 18.4 Å². The molecule has 0 atom stereocenters. The first kappa shape index (κ1) is 20.8. The number of rotatable bonds is 6. The Labute approximate surface area is 180 Å². The van der Waals surface area contributed by atoms with Crippen LogP contribution in [0.4, 0.5) is 5.69 Å². The van der Waals surface area contributed by atoms with Gasteiger partial charge in [-0.1, -0.05) is 35.3 Å². The number of nitrogens with zero attached hydrogens (tertiary/aromatic N) is 2. The van der Waals surface area contributed by atoms with Gasteiger partial charge in [0.25, 0.3) is 5.91 Å². The van der Waals surface area contributed by atoms with E-state index in [0.717, 1.165) is 9.88 Å². The van der Waals surface area contributed by atoms with Crippen molar-refractivity contribution < 1.29 is 9.59 Å². The van der Waals surface area contributed by atoms with Crippen molar-refractivity contribution in [3.63, 3.8) is 0 Å². The predicted octanol–water partition coefficient (Wildman–Crippen LogP) is 5.59. The summed E-state index contributed by atoms with van der Waals surface area (Å²) in [6.07, 6.45) is 0. The van der Waals surface area contributed by atoms with Gasteiger partial charge in [-0.3, -0.25) is 9.59 Å². The molecule has 0 aliphatic rings. The Morgan fingerprint density at radius 2 is 1.89 bits per heavy atom. The number of benzene rings is 1. The molecule has 1 aromatic carbocycles. The fourth-order valence-corrected chi connectivity index (χ4v) is 4.86. The molecule has 0 fully saturated rings. The lowest BCUT2D eigenvalue weighted by molar-refractivity contribution is -0.116. The molecule has 2 aromatic heterocycles. The van der Waals surface area contributed by atoms with Gasteiger partial charge in [-0.15, -0.1) is 22.7 Å². The molecule has 0 radical (unpaired) electrons. The summed E-state index contributed by atoms with van der Waals surface area (Å²) < 4.78 is 0. The number of anilines is 1. The second kappa shape index (κ2) is 9.05. The molecule has 3 rings (SSSR count). The molecule has 2 amide bonds. The zero-order valence-corrected chi connectivity index (χ0v) is 18.3. The number of thiophene rings is 1. The molecule has 0 aliphatic heterocycles. The number of aryl methyl sites for hydroxylation is 1. The number of hydrogen-bond donors (Lipinski definition) is 1. The zero-order valence-electron chi connectivity index (χ0n) is 15.2. The number of halogens is 2. The van der Waals surface area contributed by atoms with Crippen LogP contribution in [-0.2, 0) is 4.79 Å². The minimum atomic E-state index is -0.370. The lowest BCUT2D eigenvalue weighted by Gasteiger charge is -2.20. The highest BCUT2D eigenvalue weighted by Gasteiger charge is 2.23. The van der Waals surface area contributed by atoms with Crippen LogP contribution in [0.25, 0.3) is 9.88 Å². The van der Waals surface area contributed by atoms with E-state index in [1.807, 2.05) is 24.4 Å². The molecule has 3 aromatic rings. The molecule has 0 bridgehead atoms. The Balaban J connectivity index is 1.74. The third-order valence-corrected chi connectivity index (χ3v) is 6.77. The average Bonchev–Trinajstić information content (AvgIpc) is 3.32. The van der Waals surface area contributed by atoms with Gasteiger partial charge >= 0.3 is 0 Å². The monoisotopic (exact) mass is 453 g/mol. The number of aromatic nitrogens is 1. The number of hydrogen-bond acceptors (Lipinski definition) is 5. The van der Waals surface area contributed by atoms with Gasteiger partial charge in [-0.05, 0) is 37.4 Å². The topological polar surface area (TPSA) is 62.3 Å². The molecule has 0 saturated carbocycles. The summed E-state index contributed by atoms with van der Waals surface area (Å²) in [5, 5.41) is 6.14. The Kier molecular flexibility index (Phi) is 6.72. The normalized spacial score (nSPS) is 10.7. The van der Waals surface area contributed by atoms with Crippen molar-refractivity contribution in [3.8, 4) is 9.88 Å². The van der Waals surface area contributed by atoms with Crippen LogP contribution in [0.15, 0.2) is 35.7 Å². The smallest absolute Gasteiger partial charge is 0.266 e. The maximum atomic E-state index is 13.0. The van der Waals surface area contributed by atoms with E-state index in [4.69, 9.17) is 23.2 Å². The quantitative estimate of drug-likeness (QED) is 0.528. The molecule has 0 saturated heterocycles. The van der Waals surface area contributed by atoms with Crippen LogP contribution in [0.2, 0.25) is 10.0 Å². The Hall–Kier alpha value is -1.93. The van der Waals surface area contributed by atoms with Crippen LogP contribution >= 0.6 is 45.9 Å². The summed E-state index contributed by atoms with van der Waals surface area (Å²) in [6.45, 7) is 3.90. The zero-order chi connectivity index (χ0) is 20.3. The average molecular weight is 454 g/mol. The highest BCUT2D eigenvalue weighted by Crippen LogP contribution is 2.32. The second-order valence-electron chi connectivity index (χ2n) is 5.88. The standard InChI is InChI=1S/C19H17Cl2N3O2S2/c1-3-24(10-15(25)23-16-12(20)6-4-7-13(16)21)19(26)17-11(2)22-18(28-17)14-8-5-9-27-14/h4-9H,3,10H2,1-2H3,(H,23,25). The van der Waals surface area contributed by atoms with Crippen molar-refractivity contribution in [3.05, 3.63) is 56.3 Å². The molecule has 0 aliphatic carbocycles. The lowest BCUT2D eigenvalue weighted by Crippen LogP contribution is -2.37. The van der Waals surface area contributed by atoms with Gasteiger partial charge in [-0.25, -0.2) is 4.98 Å². The molecular weight excluding hydrogens is 437 g/mol. The number of nitrogens with one attached hydrogen (secondary N) is 1. The maximum absolute atomic E-state index is 13.0. The predicted molar refractivity (Wildman–Crippen MR) is 117 cm³/mol. The molecule has 2 heterocycles. The first-order valence-electron chi connectivity index (χ1n) is 8.45. The fraction of sp³-hybridized carbons (Fsp3) is 0.211. The van der Waals surface area contributed by atoms with E-state index in [0.29, 0.717) is 32.8 Å². The van der Waals surface area contributed by atoms with E-state index < -0.39 is 0 Å². The highest BCUT2D eigenvalue weighted by atomic mass is 35.5. The van der Waals surface area contributed by atoms with Gasteiger partial charge < -0.3 is 10.2 Å². The van der Waals surface area contributed by atoms with Crippen molar-refractivity contribution in [2.45, 2.75) is 13.8 Å². The first-order chi connectivity index (χ1) is 13.4. The largest absolute Gasteiger partial charge is 0.329 e. The molecule has 9 heteroatoms. The van der Waals surface area contributed by atoms with Gasteiger partial charge in [0.05, 0.1) is 26.3 Å². The Morgan fingerprint density at radius 3 is 2.50 bits per heavy atom. The number of thiazole rings is 1. The molecule has 0 spiro atoms. The van der Waals surface area contributed by atoms with E-state index >= 15 is 0 Å². The van der Waals surface area contributed by atoms with Crippen LogP contribution in [0.1, 0.15) is 22.3 Å². The third kappa shape index (κ3) is 4.55. The minimum absolute atomic E-state index is 0.109. The second-order valence-corrected chi connectivity index (χ2v) is 8.64. The number of para-hydroxylation sites is 1. The van der Waals surface area contributed by atoms with Crippen molar-refractivity contribution in [1.82, 2.24) is 9.88 Å². The number of amides is 2. The number of carbonyl (C=O) groups is 2. The van der Waals surface area contributed by atoms with Crippen LogP contribution in [0, 0.1) is 6.92 Å². The van der Waals surface area contributed by atoms with Gasteiger partial charge in [0, 0.05) is 6.54 Å². The van der Waals surface area contributed by atoms with Crippen LogP contribution < -0.4 is 5.32 Å². The molecule has 146 valence electrons. The highest BCUT2D eigenvalue weighted by molar-refractivity contribution is 7.22. The number of carbonyl (C=O) groups excluding carboxylic acids is 2. The molecular formula is C19H17Cl2N3O2S2. The SMILES string of the molecule is CCN(CC(=O)Nc1c(Cl)cccc1Cl)C(=O)c1sc(-c2cccs2)nc1C. The van der Waals surface area contributed by atoms with E-state index in [1.165, 1.54) is 16.2 Å². The summed E-state index contributed by atoms with van der Waals surface area (Å²) >= 11 is 15.1. The van der Waals surface area contributed by atoms with Gasteiger partial charge in [0.15, 0.2) is 0 Å². The van der Waals surface area contributed by atoms with Crippen molar-refractivity contribution in [2.75, 3.05) is 18.4 Å². The molecule has 0 unspecified atom stereocenters. The Morgan fingerprint density at radius 1 is 1.18 bits per heavy atom. The molecule has 5 nitrogen and oxygen atoms in total. The number of likely N-dealkylation sites (N-methyl/N-ethyl adjacent to an activating group) is 1. The molecule has 28 heavy (non-hydrogen) atoms. The van der Waals surface area contributed by atoms with E-state index in [2.05, 4.69) is 10.3 Å². The van der Waals surface area contributed by atoms with Crippen LogP contribution in [0.3, 0.4) is 0 Å². The maximum Gasteiger partial charge on any atom is 0.266 e. The van der Waals surface area contributed by atoms with Crippen molar-refractivity contribution in [1.29, 1.82) is 0 Å². The van der Waals surface area contributed by atoms with Gasteiger partial charge in [-0.2, -0.15) is 0 Å². The van der Waals surface area contributed by atoms with Crippen molar-refractivity contribution in [2.24, 2.45) is 0 Å². The summed E-state index contributed by atoms with van der Waals surface area (Å²) in [7, 11) is 0. The van der Waals surface area contributed by atoms with E-state index in [9.17, 15) is 9.59 Å². The summed E-state index contributed by atoms with van der Waals surface area (Å²) in [5.41, 5.74) is 1.000. The van der Waals surface area contributed by atoms with Gasteiger partial charge in [0.1, 0.15) is 16.4 Å². The summed E-state index contributed by atoms with van der Waals surface area (Å²) in [6, 6.07) is 8.88. The lowest BCUT2D eigenvalue weighted by atomic mass is 10.3. The minimum Gasteiger partial charge on any atom is -0.329 e. The van der Waals surface area contributed by atoms with Crippen LogP contribution in [0.5, 0.6) is 0 Å². The Bertz CT molecular complexity index is 983. The van der Waals surface area contributed by atoms with E-state index in [1.54, 1.807) is 36.5 Å².